The number of carbonyl (C=O) groups excluding carboxylic acids is 1. The summed E-state index contributed by atoms with van der Waals surface area (Å²) >= 11 is 0. The van der Waals surface area contributed by atoms with Gasteiger partial charge in [0.25, 0.3) is 0 Å². The number of carbonyl (C=O) groups is 1. The molecule has 0 aromatic rings. The van der Waals surface area contributed by atoms with Crippen molar-refractivity contribution >= 4 is 5.97 Å². The van der Waals surface area contributed by atoms with Gasteiger partial charge in [-0.1, -0.05) is 6.58 Å². The van der Waals surface area contributed by atoms with Gasteiger partial charge in [0.1, 0.15) is 5.60 Å². The predicted molar refractivity (Wildman–Crippen MR) is 45.7 cm³/mol. The summed E-state index contributed by atoms with van der Waals surface area (Å²) in [6.07, 6.45) is 0. The number of rotatable bonds is 1. The monoisotopic (exact) mass is 159 g/mol. The highest BCUT2D eigenvalue weighted by atomic mass is 16.6. The van der Waals surface area contributed by atoms with Crippen LogP contribution in [0.3, 0.4) is 0 Å². The minimum atomic E-state index is -0.407. The van der Waals surface area contributed by atoms with Gasteiger partial charge in [-0.25, -0.2) is 4.79 Å². The summed E-state index contributed by atoms with van der Waals surface area (Å²) in [5.41, 5.74) is 0.0330. The number of hydrogen-bond donors (Lipinski definition) is 1. The third-order valence-electron chi connectivity index (χ3n) is 0.747. The predicted octanol–water partition coefficient (Wildman–Crippen LogP) is 2.07. The summed E-state index contributed by atoms with van der Waals surface area (Å²) in [6, 6.07) is 0. The second-order valence-electron chi connectivity index (χ2n) is 3.28. The van der Waals surface area contributed by atoms with Crippen LogP contribution in [0.5, 0.6) is 0 Å². The molecule has 0 amide bonds. The van der Waals surface area contributed by atoms with Gasteiger partial charge in [-0.05, 0) is 27.7 Å². The molecule has 0 aliphatic heterocycles. The van der Waals surface area contributed by atoms with Crippen LogP contribution in [-0.4, -0.2) is 11.6 Å². The van der Waals surface area contributed by atoms with Crippen molar-refractivity contribution in [3.8, 4) is 0 Å². The van der Waals surface area contributed by atoms with Crippen LogP contribution in [0.15, 0.2) is 12.2 Å². The maximum atomic E-state index is 10.8. The standard InChI is InChI=1S/C8H14O2.H3N/c1-6(2)7(9)10-8(3,4)5;/h1H2,2-5H3;1H3. The molecule has 0 aliphatic carbocycles. The van der Waals surface area contributed by atoms with Crippen molar-refractivity contribution in [1.82, 2.24) is 6.15 Å². The van der Waals surface area contributed by atoms with Gasteiger partial charge in [-0.3, -0.25) is 0 Å². The Kier molecular flexibility index (Phi) is 4.81. The molecule has 0 saturated carbocycles. The van der Waals surface area contributed by atoms with E-state index in [9.17, 15) is 4.79 Å². The Morgan fingerprint density at radius 3 is 1.82 bits per heavy atom. The molecule has 0 radical (unpaired) electrons. The molecule has 3 heteroatoms. The van der Waals surface area contributed by atoms with E-state index in [1.54, 1.807) is 6.92 Å². The van der Waals surface area contributed by atoms with Gasteiger partial charge in [0.15, 0.2) is 0 Å². The molecule has 11 heavy (non-hydrogen) atoms. The fourth-order valence-corrected chi connectivity index (χ4v) is 0.365. The molecule has 0 bridgehead atoms. The fourth-order valence-electron chi connectivity index (χ4n) is 0.365. The average Bonchev–Trinajstić information content (AvgIpc) is 1.60. The van der Waals surface area contributed by atoms with Gasteiger partial charge >= 0.3 is 5.97 Å². The lowest BCUT2D eigenvalue weighted by atomic mass is 10.2. The molecule has 0 spiro atoms. The van der Waals surface area contributed by atoms with E-state index in [1.165, 1.54) is 0 Å². The summed E-state index contributed by atoms with van der Waals surface area (Å²) < 4.78 is 4.96. The maximum absolute atomic E-state index is 10.8. The molecule has 0 atom stereocenters. The smallest absolute Gasteiger partial charge is 0.333 e. The highest BCUT2D eigenvalue weighted by Crippen LogP contribution is 2.09. The van der Waals surface area contributed by atoms with Crippen molar-refractivity contribution in [3.05, 3.63) is 12.2 Å². The Hall–Kier alpha value is -0.830. The SMILES string of the molecule is C=C(C)C(=O)OC(C)(C)C.N. The van der Waals surface area contributed by atoms with Gasteiger partial charge in [0.2, 0.25) is 0 Å². The second kappa shape index (κ2) is 4.13. The number of hydrogen-bond acceptors (Lipinski definition) is 3. The summed E-state index contributed by atoms with van der Waals surface area (Å²) in [6.45, 7) is 10.6. The third kappa shape index (κ3) is 7.06. The molecule has 0 aliphatic rings. The summed E-state index contributed by atoms with van der Waals surface area (Å²) in [5, 5.41) is 0. The van der Waals surface area contributed by atoms with Crippen LogP contribution >= 0.6 is 0 Å². The highest BCUT2D eigenvalue weighted by Gasteiger charge is 2.15. The molecular formula is C8H17NO2. The average molecular weight is 159 g/mol. The van der Waals surface area contributed by atoms with Crippen LogP contribution in [0.25, 0.3) is 0 Å². The topological polar surface area (TPSA) is 61.3 Å². The molecule has 0 aromatic carbocycles. The minimum Gasteiger partial charge on any atom is -0.457 e. The third-order valence-corrected chi connectivity index (χ3v) is 0.747. The van der Waals surface area contributed by atoms with Crippen molar-refractivity contribution < 1.29 is 9.53 Å². The first-order valence-electron chi connectivity index (χ1n) is 3.22. The Labute approximate surface area is 68.0 Å². The molecule has 0 rings (SSSR count). The second-order valence-corrected chi connectivity index (χ2v) is 3.28. The zero-order valence-electron chi connectivity index (χ0n) is 7.73. The van der Waals surface area contributed by atoms with Crippen LogP contribution < -0.4 is 6.15 Å². The van der Waals surface area contributed by atoms with E-state index in [2.05, 4.69) is 6.58 Å². The summed E-state index contributed by atoms with van der Waals surface area (Å²) in [4.78, 5) is 10.8. The van der Waals surface area contributed by atoms with E-state index >= 15 is 0 Å². The van der Waals surface area contributed by atoms with E-state index in [-0.39, 0.29) is 12.1 Å². The lowest BCUT2D eigenvalue weighted by Crippen LogP contribution is -2.23. The molecule has 0 unspecified atom stereocenters. The number of ether oxygens (including phenoxy) is 1. The largest absolute Gasteiger partial charge is 0.457 e. The van der Waals surface area contributed by atoms with Crippen molar-refractivity contribution in [2.24, 2.45) is 0 Å². The van der Waals surface area contributed by atoms with Crippen LogP contribution in [0.2, 0.25) is 0 Å². The van der Waals surface area contributed by atoms with Crippen LogP contribution in [-0.2, 0) is 9.53 Å². The summed E-state index contributed by atoms with van der Waals surface area (Å²) in [7, 11) is 0. The summed E-state index contributed by atoms with van der Waals surface area (Å²) in [5.74, 6) is -0.326. The first kappa shape index (κ1) is 12.8. The Balaban J connectivity index is 0. The normalized spacial score (nSPS) is 9.82. The molecule has 66 valence electrons. The molecular weight excluding hydrogens is 142 g/mol. The Bertz CT molecular complexity index is 156. The zero-order chi connectivity index (χ0) is 8.36. The van der Waals surface area contributed by atoms with E-state index in [1.807, 2.05) is 20.8 Å². The van der Waals surface area contributed by atoms with Crippen LogP contribution in [0.1, 0.15) is 27.7 Å². The number of esters is 1. The molecule has 3 N–H and O–H groups in total. The van der Waals surface area contributed by atoms with Crippen molar-refractivity contribution in [2.45, 2.75) is 33.3 Å². The quantitative estimate of drug-likeness (QED) is 0.470. The van der Waals surface area contributed by atoms with Crippen molar-refractivity contribution in [2.75, 3.05) is 0 Å². The van der Waals surface area contributed by atoms with Gasteiger partial charge in [-0.2, -0.15) is 0 Å². The van der Waals surface area contributed by atoms with E-state index in [4.69, 9.17) is 4.74 Å². The van der Waals surface area contributed by atoms with E-state index < -0.39 is 5.60 Å². The lowest BCUT2D eigenvalue weighted by molar-refractivity contribution is -0.149. The molecule has 0 aromatic heterocycles. The first-order valence-corrected chi connectivity index (χ1v) is 3.22. The van der Waals surface area contributed by atoms with Crippen LogP contribution in [0, 0.1) is 0 Å². The van der Waals surface area contributed by atoms with Crippen LogP contribution in [0.4, 0.5) is 0 Å². The van der Waals surface area contributed by atoms with E-state index in [0.717, 1.165) is 0 Å². The van der Waals surface area contributed by atoms with E-state index in [0.29, 0.717) is 5.57 Å². The maximum Gasteiger partial charge on any atom is 0.333 e. The van der Waals surface area contributed by atoms with Gasteiger partial charge in [0.05, 0.1) is 0 Å². The molecule has 0 heterocycles. The Morgan fingerprint density at radius 2 is 1.73 bits per heavy atom. The zero-order valence-corrected chi connectivity index (χ0v) is 7.73. The first-order chi connectivity index (χ1) is 4.33. The molecule has 0 fully saturated rings. The van der Waals surface area contributed by atoms with Gasteiger partial charge < -0.3 is 10.9 Å². The lowest BCUT2D eigenvalue weighted by Gasteiger charge is -2.19. The van der Waals surface area contributed by atoms with Gasteiger partial charge in [0, 0.05) is 5.57 Å². The molecule has 3 nitrogen and oxygen atoms in total. The van der Waals surface area contributed by atoms with Gasteiger partial charge in [-0.15, -0.1) is 0 Å². The highest BCUT2D eigenvalue weighted by molar-refractivity contribution is 5.87. The van der Waals surface area contributed by atoms with Crippen molar-refractivity contribution in [3.63, 3.8) is 0 Å². The Morgan fingerprint density at radius 1 is 1.36 bits per heavy atom. The molecule has 0 saturated heterocycles. The fraction of sp³-hybridized carbons (Fsp3) is 0.625. The minimum absolute atomic E-state index is 0. The van der Waals surface area contributed by atoms with Crippen molar-refractivity contribution in [1.29, 1.82) is 0 Å².